The second kappa shape index (κ2) is 12.3. The normalized spacial score (nSPS) is 41.5. The Morgan fingerprint density at radius 3 is 1.86 bits per heavy atom. The number of ether oxygens (including phenoxy) is 1. The molecule has 4 aliphatic rings. The van der Waals surface area contributed by atoms with Gasteiger partial charge in [-0.15, -0.1) is 0 Å². The van der Waals surface area contributed by atoms with Crippen molar-refractivity contribution in [2.45, 2.75) is 156 Å². The number of esters is 1. The molecule has 0 aromatic carbocycles. The van der Waals surface area contributed by atoms with Gasteiger partial charge in [-0.3, -0.25) is 4.79 Å². The van der Waals surface area contributed by atoms with Gasteiger partial charge in [0, 0.05) is 12.5 Å². The Hall–Kier alpha value is 0.000649. The molecule has 4 saturated carbocycles. The van der Waals surface area contributed by atoms with Gasteiger partial charge in [-0.05, 0) is 157 Å². The number of hydrogen-bond donors (Lipinski definition) is 0. The molecule has 244 valence electrons. The maximum absolute atomic E-state index is 12.0. The van der Waals surface area contributed by atoms with Crippen LogP contribution in [0, 0.1) is 46.3 Å². The largest absolute Gasteiger partial charge is 0.469 e. The highest BCUT2D eigenvalue weighted by atomic mass is 28.4. The SMILES string of the molecule is COC(=O)CC[C@@H](C)[C@H]1CCC2C3C(CC[C@@]21C)[C@@]1(C)CC[C@@H](O[Si](C)(C)C)[C@H](O[Si](C)(C)C)[C@H]1C[C@H]3O[Si](C)(C)C. The van der Waals surface area contributed by atoms with Crippen LogP contribution in [0.25, 0.3) is 0 Å². The van der Waals surface area contributed by atoms with E-state index >= 15 is 0 Å². The minimum Gasteiger partial charge on any atom is -0.469 e. The first-order valence-electron chi connectivity index (χ1n) is 17.3. The average molecular weight is 639 g/mol. The summed E-state index contributed by atoms with van der Waals surface area (Å²) in [6.45, 7) is 28.9. The minimum absolute atomic E-state index is 0.0658. The molecule has 4 rings (SSSR count). The first-order valence-corrected chi connectivity index (χ1v) is 27.5. The average Bonchev–Trinajstić information content (AvgIpc) is 3.19. The number of carbonyl (C=O) groups is 1. The van der Waals surface area contributed by atoms with E-state index < -0.39 is 25.0 Å². The topological polar surface area (TPSA) is 54.0 Å². The maximum Gasteiger partial charge on any atom is 0.305 e. The second-order valence-electron chi connectivity index (χ2n) is 18.2. The van der Waals surface area contributed by atoms with Gasteiger partial charge in [0.15, 0.2) is 25.0 Å². The Morgan fingerprint density at radius 2 is 1.29 bits per heavy atom. The molecule has 3 unspecified atom stereocenters. The molecular weight excluding hydrogens is 573 g/mol. The van der Waals surface area contributed by atoms with E-state index in [0.29, 0.717) is 53.4 Å². The number of carbonyl (C=O) groups excluding carboxylic acids is 1. The van der Waals surface area contributed by atoms with Gasteiger partial charge in [-0.25, -0.2) is 0 Å². The first kappa shape index (κ1) is 34.9. The summed E-state index contributed by atoms with van der Waals surface area (Å²) < 4.78 is 26.4. The zero-order valence-electron chi connectivity index (χ0n) is 29.6. The number of methoxy groups -OCH3 is 1. The Kier molecular flexibility index (Phi) is 10.2. The predicted octanol–water partition coefficient (Wildman–Crippen LogP) is 9.11. The molecule has 4 fully saturated rings. The molecule has 4 aliphatic carbocycles. The third-order valence-corrected chi connectivity index (χ3v) is 15.0. The minimum atomic E-state index is -1.79. The number of rotatable bonds is 10. The Labute approximate surface area is 262 Å². The molecule has 0 radical (unpaired) electrons. The summed E-state index contributed by atoms with van der Waals surface area (Å²) >= 11 is 0. The van der Waals surface area contributed by atoms with E-state index in [9.17, 15) is 4.79 Å². The summed E-state index contributed by atoms with van der Waals surface area (Å²) in [5, 5.41) is 0. The number of fused-ring (bicyclic) bond motifs is 5. The molecule has 5 nitrogen and oxygen atoms in total. The summed E-state index contributed by atoms with van der Waals surface area (Å²) in [5.74, 6) is 3.65. The van der Waals surface area contributed by atoms with Crippen LogP contribution in [0.5, 0.6) is 0 Å². The molecular formula is C34H66O5Si3. The molecule has 0 aromatic heterocycles. The molecule has 0 spiro atoms. The van der Waals surface area contributed by atoms with E-state index in [4.69, 9.17) is 18.0 Å². The van der Waals surface area contributed by atoms with Crippen molar-refractivity contribution in [3.8, 4) is 0 Å². The standard InChI is InChI=1S/C34H66O5Si3/c1-23(14-17-30(35)36-4)24-15-16-25-31-26(18-20-33(24,25)2)34(3)21-19-28(37-40(5,6)7)32(39-42(11,12)13)27(34)22-29(31)38-41(8,9)10/h23-29,31-32H,14-22H2,1-13H3/t23-,24-,25?,26?,27-,28-,29-,31?,32-,33-,34-/m1/s1. The van der Waals surface area contributed by atoms with Gasteiger partial charge in [0.05, 0.1) is 19.3 Å². The van der Waals surface area contributed by atoms with Crippen LogP contribution in [0.15, 0.2) is 0 Å². The highest BCUT2D eigenvalue weighted by Gasteiger charge is 2.65. The lowest BCUT2D eigenvalue weighted by Gasteiger charge is -2.65. The lowest BCUT2D eigenvalue weighted by molar-refractivity contribution is -0.197. The summed E-state index contributed by atoms with van der Waals surface area (Å²) in [6.07, 6.45) is 10.9. The quantitative estimate of drug-likeness (QED) is 0.176. The first-order chi connectivity index (χ1) is 19.2. The monoisotopic (exact) mass is 638 g/mol. The molecule has 0 amide bonds. The van der Waals surface area contributed by atoms with Crippen molar-refractivity contribution in [1.82, 2.24) is 0 Å². The van der Waals surface area contributed by atoms with Crippen molar-refractivity contribution in [3.05, 3.63) is 0 Å². The third-order valence-electron chi connectivity index (χ3n) is 12.0. The molecule has 0 heterocycles. The van der Waals surface area contributed by atoms with E-state index in [1.807, 2.05) is 0 Å². The van der Waals surface area contributed by atoms with Crippen molar-refractivity contribution in [2.24, 2.45) is 46.3 Å². The van der Waals surface area contributed by atoms with Gasteiger partial charge >= 0.3 is 5.97 Å². The molecule has 8 heteroatoms. The summed E-state index contributed by atoms with van der Waals surface area (Å²) in [7, 11) is -3.76. The molecule has 0 aliphatic heterocycles. The summed E-state index contributed by atoms with van der Waals surface area (Å²) in [4.78, 5) is 12.0. The van der Waals surface area contributed by atoms with Gasteiger partial charge < -0.3 is 18.0 Å². The van der Waals surface area contributed by atoms with Gasteiger partial charge in [-0.1, -0.05) is 20.8 Å². The fourth-order valence-electron chi connectivity index (χ4n) is 10.5. The van der Waals surface area contributed by atoms with Crippen LogP contribution in [0.3, 0.4) is 0 Å². The fourth-order valence-corrected chi connectivity index (χ4v) is 14.0. The van der Waals surface area contributed by atoms with Crippen LogP contribution in [0.4, 0.5) is 0 Å². The van der Waals surface area contributed by atoms with Crippen LogP contribution >= 0.6 is 0 Å². The molecule has 0 bridgehead atoms. The Morgan fingerprint density at radius 1 is 0.738 bits per heavy atom. The van der Waals surface area contributed by atoms with E-state index in [2.05, 4.69) is 79.7 Å². The highest BCUT2D eigenvalue weighted by molar-refractivity contribution is 6.70. The van der Waals surface area contributed by atoms with Crippen LogP contribution in [0.2, 0.25) is 58.9 Å². The highest BCUT2D eigenvalue weighted by Crippen LogP contribution is 2.69. The van der Waals surface area contributed by atoms with Crippen molar-refractivity contribution < 1.29 is 22.8 Å². The molecule has 11 atom stereocenters. The second-order valence-corrected chi connectivity index (χ2v) is 31.6. The van der Waals surface area contributed by atoms with Crippen LogP contribution in [-0.4, -0.2) is 56.3 Å². The van der Waals surface area contributed by atoms with Gasteiger partial charge in [-0.2, -0.15) is 0 Å². The summed E-state index contributed by atoms with van der Waals surface area (Å²) in [5.41, 5.74) is 0.594. The van der Waals surface area contributed by atoms with Crippen molar-refractivity contribution in [1.29, 1.82) is 0 Å². The van der Waals surface area contributed by atoms with E-state index in [1.54, 1.807) is 0 Å². The van der Waals surface area contributed by atoms with Crippen LogP contribution < -0.4 is 0 Å². The zero-order valence-corrected chi connectivity index (χ0v) is 32.6. The lowest BCUT2D eigenvalue weighted by Crippen LogP contribution is -2.65. The van der Waals surface area contributed by atoms with Crippen LogP contribution in [0.1, 0.15) is 78.6 Å². The van der Waals surface area contributed by atoms with Crippen molar-refractivity contribution in [2.75, 3.05) is 7.11 Å². The maximum atomic E-state index is 12.0. The Balaban J connectivity index is 1.68. The molecule has 0 aromatic rings. The molecule has 0 saturated heterocycles. The fraction of sp³-hybridized carbons (Fsp3) is 0.971. The van der Waals surface area contributed by atoms with E-state index in [0.717, 1.165) is 19.3 Å². The van der Waals surface area contributed by atoms with Crippen LogP contribution in [-0.2, 0) is 22.8 Å². The molecule has 0 N–H and O–H groups in total. The van der Waals surface area contributed by atoms with Gasteiger partial charge in [0.1, 0.15) is 0 Å². The molecule has 42 heavy (non-hydrogen) atoms. The van der Waals surface area contributed by atoms with Crippen molar-refractivity contribution in [3.63, 3.8) is 0 Å². The third kappa shape index (κ3) is 7.35. The smallest absolute Gasteiger partial charge is 0.305 e. The number of hydrogen-bond acceptors (Lipinski definition) is 5. The summed E-state index contributed by atoms with van der Waals surface area (Å²) in [6, 6.07) is 0. The van der Waals surface area contributed by atoms with Gasteiger partial charge in [0.25, 0.3) is 0 Å². The lowest BCUT2D eigenvalue weighted by atomic mass is 9.43. The van der Waals surface area contributed by atoms with Crippen molar-refractivity contribution >= 4 is 30.9 Å². The predicted molar refractivity (Wildman–Crippen MR) is 181 cm³/mol. The van der Waals surface area contributed by atoms with E-state index in [-0.39, 0.29) is 23.6 Å². The van der Waals surface area contributed by atoms with E-state index in [1.165, 1.54) is 39.2 Å². The van der Waals surface area contributed by atoms with Gasteiger partial charge in [0.2, 0.25) is 0 Å². The zero-order chi connectivity index (χ0) is 31.5. The Bertz CT molecular complexity index is 954.